The van der Waals surface area contributed by atoms with E-state index in [9.17, 15) is 4.79 Å². The van der Waals surface area contributed by atoms with Crippen molar-refractivity contribution in [3.8, 4) is 0 Å². The summed E-state index contributed by atoms with van der Waals surface area (Å²) in [6, 6.07) is 7.75. The number of hydrogen-bond donors (Lipinski definition) is 3. The summed E-state index contributed by atoms with van der Waals surface area (Å²) >= 11 is 5.33. The van der Waals surface area contributed by atoms with Crippen LogP contribution < -0.4 is 11.1 Å². The molecule has 1 saturated carbocycles. The highest BCUT2D eigenvalue weighted by Crippen LogP contribution is 2.53. The van der Waals surface area contributed by atoms with Crippen LogP contribution in [0.1, 0.15) is 41.5 Å². The molecule has 0 aliphatic heterocycles. The first kappa shape index (κ1) is 18.3. The molecule has 1 aliphatic carbocycles. The van der Waals surface area contributed by atoms with Gasteiger partial charge in [-0.05, 0) is 58.1 Å². The van der Waals surface area contributed by atoms with Crippen LogP contribution in [0.25, 0.3) is 11.0 Å². The van der Waals surface area contributed by atoms with Gasteiger partial charge in [-0.25, -0.2) is 9.97 Å². The summed E-state index contributed by atoms with van der Waals surface area (Å²) in [6.45, 7) is 2.20. The Morgan fingerprint density at radius 2 is 2.04 bits per heavy atom. The van der Waals surface area contributed by atoms with Gasteiger partial charge in [-0.3, -0.25) is 4.79 Å². The van der Waals surface area contributed by atoms with Crippen LogP contribution in [0.5, 0.6) is 0 Å². The molecule has 1 amide bonds. The fourth-order valence-electron chi connectivity index (χ4n) is 3.23. The van der Waals surface area contributed by atoms with Gasteiger partial charge in [0.15, 0.2) is 0 Å². The Labute approximate surface area is 169 Å². The van der Waals surface area contributed by atoms with E-state index in [0.717, 1.165) is 34.1 Å². The first-order valence-corrected chi connectivity index (χ1v) is 10.8. The van der Waals surface area contributed by atoms with E-state index in [-0.39, 0.29) is 17.1 Å². The number of rotatable bonds is 5. The predicted molar refractivity (Wildman–Crippen MR) is 114 cm³/mol. The Balaban J connectivity index is 1.63. The largest absolute Gasteiger partial charge is 0.383 e. The number of aromatic nitrogens is 3. The van der Waals surface area contributed by atoms with Crippen molar-refractivity contribution in [2.45, 2.75) is 30.9 Å². The fourth-order valence-corrected chi connectivity index (χ4v) is 4.63. The number of halogens is 1. The maximum absolute atomic E-state index is 12.6. The molecule has 0 unspecified atom stereocenters. The molecule has 8 heteroatoms. The monoisotopic (exact) mass is 445 g/mol. The van der Waals surface area contributed by atoms with Crippen molar-refractivity contribution >= 4 is 56.1 Å². The highest BCUT2D eigenvalue weighted by atomic mass is 79.9. The summed E-state index contributed by atoms with van der Waals surface area (Å²) < 4.78 is 0.862. The van der Waals surface area contributed by atoms with E-state index < -0.39 is 0 Å². The predicted octanol–water partition coefficient (Wildman–Crippen LogP) is 4.47. The lowest BCUT2D eigenvalue weighted by Gasteiger charge is -2.10. The summed E-state index contributed by atoms with van der Waals surface area (Å²) in [5.74, 6) is 0.930. The molecule has 0 bridgehead atoms. The second-order valence-corrected chi connectivity index (χ2v) is 8.77. The summed E-state index contributed by atoms with van der Waals surface area (Å²) in [7, 11) is 0. The van der Waals surface area contributed by atoms with Gasteiger partial charge in [0.05, 0.1) is 9.99 Å². The molecule has 2 heterocycles. The average molecular weight is 446 g/mol. The lowest BCUT2D eigenvalue weighted by atomic mass is 9.99. The van der Waals surface area contributed by atoms with E-state index in [4.69, 9.17) is 5.73 Å². The van der Waals surface area contributed by atoms with Gasteiger partial charge >= 0.3 is 0 Å². The maximum Gasteiger partial charge on any atom is 0.293 e. The number of benzene rings is 1. The molecule has 4 N–H and O–H groups in total. The van der Waals surface area contributed by atoms with Gasteiger partial charge in [0.1, 0.15) is 11.5 Å². The number of aromatic amines is 1. The maximum atomic E-state index is 12.6. The zero-order valence-electron chi connectivity index (χ0n) is 15.1. The second-order valence-electron chi connectivity index (χ2n) is 7.11. The number of carbonyl (C=O) groups is 1. The molecule has 2 aromatic heterocycles. The number of nitrogens with two attached hydrogens (primary N) is 1. The standard InChI is InChI=1S/C19H20BrN5OS/c1-19(7-8-19)13-12-15(21)24-17(25-16(12)23-14(13)20)18(26)22-11-5-3-10(4-6-11)9-27-2/h3-6H,7-9H2,1-2H3,(H,22,26)(H3,21,23,24,25). The molecule has 140 valence electrons. The molecule has 0 spiro atoms. The SMILES string of the molecule is CSCc1ccc(NC(=O)c2nc(N)c3c(C4(C)CC4)c(Br)[nH]c3n2)cc1. The molecule has 4 rings (SSSR count). The summed E-state index contributed by atoms with van der Waals surface area (Å²) in [6.07, 6.45) is 4.26. The van der Waals surface area contributed by atoms with Crippen molar-refractivity contribution in [2.75, 3.05) is 17.3 Å². The molecule has 3 aromatic rings. The highest BCUT2D eigenvalue weighted by Gasteiger charge is 2.43. The highest BCUT2D eigenvalue weighted by molar-refractivity contribution is 9.10. The van der Waals surface area contributed by atoms with Crippen LogP contribution in [0.15, 0.2) is 28.9 Å². The van der Waals surface area contributed by atoms with E-state index >= 15 is 0 Å². The van der Waals surface area contributed by atoms with Crippen LogP contribution in [0, 0.1) is 0 Å². The van der Waals surface area contributed by atoms with Crippen LogP contribution in [-0.2, 0) is 11.2 Å². The molecule has 0 radical (unpaired) electrons. The summed E-state index contributed by atoms with van der Waals surface area (Å²) in [4.78, 5) is 24.5. The topological polar surface area (TPSA) is 96.7 Å². The third kappa shape index (κ3) is 3.43. The van der Waals surface area contributed by atoms with Crippen molar-refractivity contribution < 1.29 is 4.79 Å². The molecule has 27 heavy (non-hydrogen) atoms. The normalized spacial score (nSPS) is 15.1. The minimum atomic E-state index is -0.383. The first-order chi connectivity index (χ1) is 12.9. The van der Waals surface area contributed by atoms with Crippen LogP contribution in [-0.4, -0.2) is 27.1 Å². The Hall–Kier alpha value is -2.06. The van der Waals surface area contributed by atoms with Crippen molar-refractivity contribution in [1.29, 1.82) is 0 Å². The molecule has 1 aliphatic rings. The fraction of sp³-hybridized carbons (Fsp3) is 0.316. The van der Waals surface area contributed by atoms with E-state index in [2.05, 4.69) is 49.4 Å². The number of nitrogen functional groups attached to an aromatic ring is 1. The van der Waals surface area contributed by atoms with E-state index in [1.165, 1.54) is 5.56 Å². The van der Waals surface area contributed by atoms with Crippen LogP contribution in [0.2, 0.25) is 0 Å². The molecule has 1 aromatic carbocycles. The smallest absolute Gasteiger partial charge is 0.293 e. The lowest BCUT2D eigenvalue weighted by molar-refractivity contribution is 0.101. The molecule has 0 saturated heterocycles. The van der Waals surface area contributed by atoms with Gasteiger partial charge < -0.3 is 16.0 Å². The zero-order chi connectivity index (χ0) is 19.2. The van der Waals surface area contributed by atoms with Gasteiger partial charge in [-0.2, -0.15) is 11.8 Å². The third-order valence-electron chi connectivity index (χ3n) is 4.96. The number of nitrogens with one attached hydrogen (secondary N) is 2. The molecular formula is C19H20BrN5OS. The van der Waals surface area contributed by atoms with Gasteiger partial charge in [-0.15, -0.1) is 0 Å². The van der Waals surface area contributed by atoms with Crippen molar-refractivity contribution in [3.05, 3.63) is 45.8 Å². The third-order valence-corrected chi connectivity index (χ3v) is 6.18. The first-order valence-electron chi connectivity index (χ1n) is 8.66. The van der Waals surface area contributed by atoms with Crippen molar-refractivity contribution in [1.82, 2.24) is 15.0 Å². The minimum absolute atomic E-state index is 0.0504. The number of carbonyl (C=O) groups excluding carboxylic acids is 1. The Morgan fingerprint density at radius 1 is 1.33 bits per heavy atom. The molecule has 6 nitrogen and oxygen atoms in total. The zero-order valence-corrected chi connectivity index (χ0v) is 17.5. The molecule has 1 fully saturated rings. The van der Waals surface area contributed by atoms with Crippen LogP contribution >= 0.6 is 27.7 Å². The van der Waals surface area contributed by atoms with Crippen molar-refractivity contribution in [2.24, 2.45) is 0 Å². The summed E-state index contributed by atoms with van der Waals surface area (Å²) in [5, 5.41) is 3.64. The van der Waals surface area contributed by atoms with E-state index in [1.807, 2.05) is 24.3 Å². The van der Waals surface area contributed by atoms with Gasteiger partial charge in [-0.1, -0.05) is 19.1 Å². The number of H-pyrrole nitrogens is 1. The minimum Gasteiger partial charge on any atom is -0.383 e. The quantitative estimate of drug-likeness (QED) is 0.538. The molecular weight excluding hydrogens is 426 g/mol. The van der Waals surface area contributed by atoms with Gasteiger partial charge in [0.25, 0.3) is 5.91 Å². The van der Waals surface area contributed by atoms with Crippen LogP contribution in [0.4, 0.5) is 11.5 Å². The molecule has 0 atom stereocenters. The van der Waals surface area contributed by atoms with Gasteiger partial charge in [0.2, 0.25) is 5.82 Å². The number of thioether (sulfide) groups is 1. The Kier molecular flexibility index (Phi) is 4.63. The second kappa shape index (κ2) is 6.83. The number of fused-ring (bicyclic) bond motifs is 1. The number of anilines is 2. The lowest BCUT2D eigenvalue weighted by Crippen LogP contribution is -2.17. The van der Waals surface area contributed by atoms with Crippen molar-refractivity contribution in [3.63, 3.8) is 0 Å². The van der Waals surface area contributed by atoms with E-state index in [0.29, 0.717) is 17.2 Å². The Bertz CT molecular complexity index is 1030. The number of nitrogens with zero attached hydrogens (tertiary/aromatic N) is 2. The van der Waals surface area contributed by atoms with Gasteiger partial charge in [0, 0.05) is 17.0 Å². The van der Waals surface area contributed by atoms with Crippen LogP contribution in [0.3, 0.4) is 0 Å². The average Bonchev–Trinajstić information content (AvgIpc) is 3.27. The summed E-state index contributed by atoms with van der Waals surface area (Å²) in [5.41, 5.74) is 9.89. The Morgan fingerprint density at radius 3 is 2.67 bits per heavy atom. The number of hydrogen-bond acceptors (Lipinski definition) is 5. The van der Waals surface area contributed by atoms with E-state index in [1.54, 1.807) is 11.8 Å². The number of amides is 1.